The Labute approximate surface area is 129 Å². The Bertz CT molecular complexity index is 435. The Kier molecular flexibility index (Phi) is 4.97. The minimum atomic E-state index is 0.739. The Balaban J connectivity index is 1.48. The SMILES string of the molecule is CC1CCC(C)N(Cc2ccc(CCNC3CC3)cc2)C1. The van der Waals surface area contributed by atoms with Gasteiger partial charge in [0.05, 0.1) is 0 Å². The van der Waals surface area contributed by atoms with E-state index in [1.807, 2.05) is 0 Å². The van der Waals surface area contributed by atoms with Gasteiger partial charge in [0.15, 0.2) is 0 Å². The summed E-state index contributed by atoms with van der Waals surface area (Å²) < 4.78 is 0. The fraction of sp³-hybridized carbons (Fsp3) is 0.684. The number of hydrogen-bond donors (Lipinski definition) is 1. The predicted octanol–water partition coefficient (Wildman–Crippen LogP) is 3.60. The van der Waals surface area contributed by atoms with E-state index in [9.17, 15) is 0 Å². The first-order chi connectivity index (χ1) is 10.2. The van der Waals surface area contributed by atoms with Crippen molar-refractivity contribution < 1.29 is 0 Å². The molecule has 1 aliphatic carbocycles. The number of nitrogens with zero attached hydrogens (tertiary/aromatic N) is 1. The van der Waals surface area contributed by atoms with Crippen molar-refractivity contribution in [1.82, 2.24) is 10.2 Å². The summed E-state index contributed by atoms with van der Waals surface area (Å²) in [5.74, 6) is 0.856. The first-order valence-corrected chi connectivity index (χ1v) is 8.76. The third-order valence-electron chi connectivity index (χ3n) is 5.08. The maximum atomic E-state index is 3.59. The maximum Gasteiger partial charge on any atom is 0.0236 e. The molecule has 0 radical (unpaired) electrons. The molecule has 1 aromatic rings. The highest BCUT2D eigenvalue weighted by atomic mass is 15.2. The van der Waals surface area contributed by atoms with Gasteiger partial charge in [-0.1, -0.05) is 31.2 Å². The van der Waals surface area contributed by atoms with Gasteiger partial charge < -0.3 is 5.32 Å². The van der Waals surface area contributed by atoms with Gasteiger partial charge in [0.2, 0.25) is 0 Å². The van der Waals surface area contributed by atoms with Crippen LogP contribution in [0.4, 0.5) is 0 Å². The summed E-state index contributed by atoms with van der Waals surface area (Å²) in [4.78, 5) is 2.65. The molecule has 1 heterocycles. The lowest BCUT2D eigenvalue weighted by Crippen LogP contribution is -2.40. The number of nitrogens with one attached hydrogen (secondary N) is 1. The molecule has 3 rings (SSSR count). The molecule has 0 bridgehead atoms. The van der Waals surface area contributed by atoms with Gasteiger partial charge in [0.25, 0.3) is 0 Å². The van der Waals surface area contributed by atoms with E-state index in [0.29, 0.717) is 0 Å². The van der Waals surface area contributed by atoms with Crippen molar-refractivity contribution in [3.8, 4) is 0 Å². The second-order valence-electron chi connectivity index (χ2n) is 7.26. The van der Waals surface area contributed by atoms with Crippen molar-refractivity contribution in [2.24, 2.45) is 5.92 Å². The fourth-order valence-electron chi connectivity index (χ4n) is 3.35. The fourth-order valence-corrected chi connectivity index (χ4v) is 3.35. The normalized spacial score (nSPS) is 27.0. The van der Waals surface area contributed by atoms with Gasteiger partial charge in [-0.05, 0) is 62.6 Å². The van der Waals surface area contributed by atoms with Gasteiger partial charge in [0, 0.05) is 25.2 Å². The monoisotopic (exact) mass is 286 g/mol. The van der Waals surface area contributed by atoms with Crippen LogP contribution >= 0.6 is 0 Å². The molecular weight excluding hydrogens is 256 g/mol. The van der Waals surface area contributed by atoms with Gasteiger partial charge in [-0.3, -0.25) is 4.90 Å². The van der Waals surface area contributed by atoms with Crippen molar-refractivity contribution in [3.63, 3.8) is 0 Å². The highest BCUT2D eigenvalue weighted by molar-refractivity contribution is 5.23. The molecule has 2 atom stereocenters. The minimum Gasteiger partial charge on any atom is -0.314 e. The summed E-state index contributed by atoms with van der Waals surface area (Å²) in [7, 11) is 0. The summed E-state index contributed by atoms with van der Waals surface area (Å²) >= 11 is 0. The van der Waals surface area contributed by atoms with Gasteiger partial charge >= 0.3 is 0 Å². The van der Waals surface area contributed by atoms with E-state index < -0.39 is 0 Å². The summed E-state index contributed by atoms with van der Waals surface area (Å²) in [5.41, 5.74) is 2.93. The largest absolute Gasteiger partial charge is 0.314 e. The van der Waals surface area contributed by atoms with Crippen LogP contribution in [0.2, 0.25) is 0 Å². The summed E-state index contributed by atoms with van der Waals surface area (Å²) in [5, 5.41) is 3.59. The summed E-state index contributed by atoms with van der Waals surface area (Å²) in [6, 6.07) is 10.9. The van der Waals surface area contributed by atoms with Crippen LogP contribution in [-0.2, 0) is 13.0 Å². The average Bonchev–Trinajstić information content (AvgIpc) is 3.29. The molecule has 1 aliphatic heterocycles. The van der Waals surface area contributed by atoms with E-state index in [1.54, 1.807) is 0 Å². The third-order valence-corrected chi connectivity index (χ3v) is 5.08. The third kappa shape index (κ3) is 4.55. The Morgan fingerprint density at radius 2 is 1.71 bits per heavy atom. The zero-order chi connectivity index (χ0) is 14.7. The number of rotatable bonds is 6. The van der Waals surface area contributed by atoms with E-state index in [0.717, 1.165) is 37.5 Å². The second-order valence-corrected chi connectivity index (χ2v) is 7.26. The number of hydrogen-bond acceptors (Lipinski definition) is 2. The van der Waals surface area contributed by atoms with Crippen LogP contribution in [0.15, 0.2) is 24.3 Å². The first-order valence-electron chi connectivity index (χ1n) is 8.76. The van der Waals surface area contributed by atoms with Crippen LogP contribution < -0.4 is 5.32 Å². The number of likely N-dealkylation sites (tertiary alicyclic amines) is 1. The lowest BCUT2D eigenvalue weighted by molar-refractivity contribution is 0.117. The van der Waals surface area contributed by atoms with Crippen molar-refractivity contribution >= 4 is 0 Å². The molecule has 2 heteroatoms. The zero-order valence-electron chi connectivity index (χ0n) is 13.6. The molecule has 116 valence electrons. The molecule has 0 aromatic heterocycles. The van der Waals surface area contributed by atoms with Crippen LogP contribution in [0.25, 0.3) is 0 Å². The van der Waals surface area contributed by atoms with Crippen LogP contribution in [-0.4, -0.2) is 30.1 Å². The van der Waals surface area contributed by atoms with Crippen LogP contribution in [0, 0.1) is 5.92 Å². The molecule has 1 N–H and O–H groups in total. The van der Waals surface area contributed by atoms with Gasteiger partial charge in [-0.25, -0.2) is 0 Å². The summed E-state index contributed by atoms with van der Waals surface area (Å²) in [6.07, 6.45) is 6.67. The lowest BCUT2D eigenvalue weighted by Gasteiger charge is -2.36. The molecule has 2 nitrogen and oxygen atoms in total. The van der Waals surface area contributed by atoms with Crippen molar-refractivity contribution in [2.45, 2.75) is 64.6 Å². The lowest BCUT2D eigenvalue weighted by atomic mass is 9.94. The molecule has 2 aliphatic rings. The van der Waals surface area contributed by atoms with Crippen LogP contribution in [0.5, 0.6) is 0 Å². The Hall–Kier alpha value is -0.860. The smallest absolute Gasteiger partial charge is 0.0236 e. The minimum absolute atomic E-state index is 0.739. The van der Waals surface area contributed by atoms with E-state index in [4.69, 9.17) is 0 Å². The average molecular weight is 286 g/mol. The van der Waals surface area contributed by atoms with E-state index in [-0.39, 0.29) is 0 Å². The van der Waals surface area contributed by atoms with Gasteiger partial charge in [-0.2, -0.15) is 0 Å². The van der Waals surface area contributed by atoms with E-state index >= 15 is 0 Å². The molecule has 2 fully saturated rings. The molecular formula is C19H30N2. The first kappa shape index (κ1) is 15.1. The standard InChI is InChI=1S/C19H30N2/c1-15-3-4-16(2)21(13-15)14-18-7-5-17(6-8-18)11-12-20-19-9-10-19/h5-8,15-16,19-20H,3-4,9-14H2,1-2H3. The highest BCUT2D eigenvalue weighted by Gasteiger charge is 2.22. The van der Waals surface area contributed by atoms with Gasteiger partial charge in [0.1, 0.15) is 0 Å². The van der Waals surface area contributed by atoms with Crippen molar-refractivity contribution in [2.75, 3.05) is 13.1 Å². The molecule has 0 amide bonds. The van der Waals surface area contributed by atoms with Gasteiger partial charge in [-0.15, -0.1) is 0 Å². The zero-order valence-corrected chi connectivity index (χ0v) is 13.6. The highest BCUT2D eigenvalue weighted by Crippen LogP contribution is 2.23. The molecule has 21 heavy (non-hydrogen) atoms. The molecule has 1 saturated carbocycles. The van der Waals surface area contributed by atoms with Crippen molar-refractivity contribution in [1.29, 1.82) is 0 Å². The topological polar surface area (TPSA) is 15.3 Å². The Morgan fingerprint density at radius 1 is 1.00 bits per heavy atom. The number of benzene rings is 1. The quantitative estimate of drug-likeness (QED) is 0.859. The van der Waals surface area contributed by atoms with E-state index in [1.165, 1.54) is 43.4 Å². The van der Waals surface area contributed by atoms with Crippen LogP contribution in [0.3, 0.4) is 0 Å². The number of piperidine rings is 1. The van der Waals surface area contributed by atoms with E-state index in [2.05, 4.69) is 48.3 Å². The maximum absolute atomic E-state index is 3.59. The molecule has 2 unspecified atom stereocenters. The van der Waals surface area contributed by atoms with Crippen molar-refractivity contribution in [3.05, 3.63) is 35.4 Å². The predicted molar refractivity (Wildman–Crippen MR) is 89.4 cm³/mol. The molecule has 1 saturated heterocycles. The molecule has 0 spiro atoms. The Morgan fingerprint density at radius 3 is 2.43 bits per heavy atom. The molecule has 1 aromatic carbocycles. The second kappa shape index (κ2) is 6.93. The summed E-state index contributed by atoms with van der Waals surface area (Å²) in [6.45, 7) is 8.27. The van der Waals surface area contributed by atoms with Crippen LogP contribution in [0.1, 0.15) is 50.7 Å².